The van der Waals surface area contributed by atoms with Crippen LogP contribution >= 0.6 is 0 Å². The molecule has 7 heteroatoms. The van der Waals surface area contributed by atoms with E-state index in [0.717, 1.165) is 0 Å². The van der Waals surface area contributed by atoms with Crippen LogP contribution in [0.25, 0.3) is 0 Å². The van der Waals surface area contributed by atoms with Gasteiger partial charge in [0.2, 0.25) is 5.91 Å². The quantitative estimate of drug-likeness (QED) is 0.648. The van der Waals surface area contributed by atoms with Gasteiger partial charge < -0.3 is 10.4 Å². The summed E-state index contributed by atoms with van der Waals surface area (Å²) in [7, 11) is -3.09. The Hall–Kier alpha value is -1.11. The molecule has 0 spiro atoms. The first-order valence-electron chi connectivity index (χ1n) is 5.06. The summed E-state index contributed by atoms with van der Waals surface area (Å²) >= 11 is 0. The summed E-state index contributed by atoms with van der Waals surface area (Å²) in [6, 6.07) is 0. The van der Waals surface area contributed by atoms with E-state index >= 15 is 0 Å². The fourth-order valence-corrected chi connectivity index (χ4v) is 3.33. The smallest absolute Gasteiger partial charge is 0.315 e. The lowest BCUT2D eigenvalue weighted by atomic mass is 10.1. The first-order valence-corrected chi connectivity index (χ1v) is 6.78. The van der Waals surface area contributed by atoms with Crippen molar-refractivity contribution >= 4 is 21.7 Å². The van der Waals surface area contributed by atoms with Crippen LogP contribution in [0.1, 0.15) is 19.8 Å². The Kier molecular flexibility index (Phi) is 3.90. The molecule has 0 saturated carbocycles. The topological polar surface area (TPSA) is 101 Å². The number of hydrogen-bond acceptors (Lipinski definition) is 4. The minimum atomic E-state index is -3.09. The average molecular weight is 249 g/mol. The second-order valence-corrected chi connectivity index (χ2v) is 6.34. The lowest BCUT2D eigenvalue weighted by molar-refractivity contribution is -0.146. The van der Waals surface area contributed by atoms with E-state index < -0.39 is 32.9 Å². The molecule has 1 rings (SSSR count). The maximum Gasteiger partial charge on any atom is 0.315 e. The SMILES string of the molecule is CC(C(=O)O)C(=O)NCC1CCCS1(=O)=O. The molecule has 1 aliphatic rings. The Morgan fingerprint density at radius 1 is 1.50 bits per heavy atom. The zero-order valence-electron chi connectivity index (χ0n) is 8.97. The van der Waals surface area contributed by atoms with Crippen LogP contribution in [0.4, 0.5) is 0 Å². The van der Waals surface area contributed by atoms with E-state index in [0.29, 0.717) is 12.8 Å². The predicted octanol–water partition coefficient (Wildman–Crippen LogP) is -0.599. The molecule has 1 fully saturated rings. The fraction of sp³-hybridized carbons (Fsp3) is 0.778. The van der Waals surface area contributed by atoms with Gasteiger partial charge in [-0.05, 0) is 19.8 Å². The molecular weight excluding hydrogens is 234 g/mol. The van der Waals surface area contributed by atoms with Crippen molar-refractivity contribution in [1.82, 2.24) is 5.32 Å². The van der Waals surface area contributed by atoms with E-state index in [4.69, 9.17) is 5.11 Å². The number of carboxylic acid groups (broad SMARTS) is 1. The van der Waals surface area contributed by atoms with Crippen LogP contribution in [0.2, 0.25) is 0 Å². The van der Waals surface area contributed by atoms with Crippen molar-refractivity contribution in [3.63, 3.8) is 0 Å². The van der Waals surface area contributed by atoms with Gasteiger partial charge in [-0.2, -0.15) is 0 Å². The van der Waals surface area contributed by atoms with Gasteiger partial charge in [-0.3, -0.25) is 9.59 Å². The third-order valence-corrected chi connectivity index (χ3v) is 5.01. The van der Waals surface area contributed by atoms with Gasteiger partial charge in [0, 0.05) is 6.54 Å². The van der Waals surface area contributed by atoms with Crippen LogP contribution < -0.4 is 5.32 Å². The molecule has 1 saturated heterocycles. The summed E-state index contributed by atoms with van der Waals surface area (Å²) in [6.45, 7) is 1.28. The number of carbonyl (C=O) groups is 2. The number of carboxylic acids is 1. The van der Waals surface area contributed by atoms with E-state index in [-0.39, 0.29) is 12.3 Å². The summed E-state index contributed by atoms with van der Waals surface area (Å²) in [5.74, 6) is -2.85. The van der Waals surface area contributed by atoms with E-state index in [1.165, 1.54) is 6.92 Å². The van der Waals surface area contributed by atoms with Crippen LogP contribution in [-0.2, 0) is 19.4 Å². The number of aliphatic carboxylic acids is 1. The second-order valence-electron chi connectivity index (χ2n) is 3.94. The standard InChI is InChI=1S/C9H15NO5S/c1-6(9(12)13)8(11)10-5-7-3-2-4-16(7,14)15/h6-7H,2-5H2,1H3,(H,10,11)(H,12,13). The first kappa shape index (κ1) is 13.0. The molecule has 2 unspecified atom stereocenters. The third-order valence-electron chi connectivity index (χ3n) is 2.73. The lowest BCUT2D eigenvalue weighted by Crippen LogP contribution is -2.39. The van der Waals surface area contributed by atoms with Crippen molar-refractivity contribution in [1.29, 1.82) is 0 Å². The Bertz CT molecular complexity index is 389. The number of sulfone groups is 1. The average Bonchev–Trinajstić information content (AvgIpc) is 2.52. The molecule has 1 aliphatic heterocycles. The van der Waals surface area contributed by atoms with Crippen molar-refractivity contribution in [3.8, 4) is 0 Å². The number of rotatable bonds is 4. The molecule has 2 N–H and O–H groups in total. The molecule has 0 aromatic heterocycles. The fourth-order valence-electron chi connectivity index (χ4n) is 1.57. The Morgan fingerprint density at radius 2 is 2.12 bits per heavy atom. The molecular formula is C9H15NO5S. The van der Waals surface area contributed by atoms with E-state index in [9.17, 15) is 18.0 Å². The molecule has 1 heterocycles. The third kappa shape index (κ3) is 2.94. The van der Waals surface area contributed by atoms with E-state index in [2.05, 4.69) is 5.32 Å². The maximum absolute atomic E-state index is 11.4. The Balaban J connectivity index is 2.47. The van der Waals surface area contributed by atoms with Gasteiger partial charge in [0.05, 0.1) is 11.0 Å². The molecule has 0 aromatic carbocycles. The van der Waals surface area contributed by atoms with E-state index in [1.54, 1.807) is 0 Å². The highest BCUT2D eigenvalue weighted by Crippen LogP contribution is 2.19. The Morgan fingerprint density at radius 3 is 2.56 bits per heavy atom. The van der Waals surface area contributed by atoms with Gasteiger partial charge in [-0.15, -0.1) is 0 Å². The molecule has 0 aromatic rings. The molecule has 16 heavy (non-hydrogen) atoms. The monoisotopic (exact) mass is 249 g/mol. The first-order chi connectivity index (χ1) is 7.34. The largest absolute Gasteiger partial charge is 0.481 e. The molecule has 0 bridgehead atoms. The van der Waals surface area contributed by atoms with Crippen molar-refractivity contribution in [3.05, 3.63) is 0 Å². The van der Waals surface area contributed by atoms with Crippen molar-refractivity contribution in [2.75, 3.05) is 12.3 Å². The summed E-state index contributed by atoms with van der Waals surface area (Å²) in [5, 5.41) is 10.4. The van der Waals surface area contributed by atoms with Crippen LogP contribution in [-0.4, -0.2) is 42.9 Å². The molecule has 6 nitrogen and oxygen atoms in total. The minimum absolute atomic E-state index is 0.0127. The van der Waals surface area contributed by atoms with E-state index in [1.807, 2.05) is 0 Å². The van der Waals surface area contributed by atoms with Crippen LogP contribution in [0.3, 0.4) is 0 Å². The number of hydrogen-bond donors (Lipinski definition) is 2. The second kappa shape index (κ2) is 4.82. The zero-order chi connectivity index (χ0) is 12.3. The summed E-state index contributed by atoms with van der Waals surface area (Å²) in [5.41, 5.74) is 0. The summed E-state index contributed by atoms with van der Waals surface area (Å²) in [4.78, 5) is 21.8. The molecule has 92 valence electrons. The molecule has 0 radical (unpaired) electrons. The lowest BCUT2D eigenvalue weighted by Gasteiger charge is -2.12. The van der Waals surface area contributed by atoms with Crippen molar-refractivity contribution < 1.29 is 23.1 Å². The van der Waals surface area contributed by atoms with Gasteiger partial charge in [0.1, 0.15) is 5.92 Å². The van der Waals surface area contributed by atoms with Gasteiger partial charge in [0.15, 0.2) is 9.84 Å². The number of nitrogens with one attached hydrogen (secondary N) is 1. The number of carbonyl (C=O) groups excluding carboxylic acids is 1. The number of amides is 1. The molecule has 0 aliphatic carbocycles. The molecule has 1 amide bonds. The van der Waals surface area contributed by atoms with Crippen LogP contribution in [0.15, 0.2) is 0 Å². The normalized spacial score (nSPS) is 24.9. The van der Waals surface area contributed by atoms with Gasteiger partial charge in [-0.25, -0.2) is 8.42 Å². The van der Waals surface area contributed by atoms with Crippen LogP contribution in [0, 0.1) is 5.92 Å². The van der Waals surface area contributed by atoms with Crippen molar-refractivity contribution in [2.24, 2.45) is 5.92 Å². The highest BCUT2D eigenvalue weighted by atomic mass is 32.2. The minimum Gasteiger partial charge on any atom is -0.481 e. The highest BCUT2D eigenvalue weighted by Gasteiger charge is 2.32. The highest BCUT2D eigenvalue weighted by molar-refractivity contribution is 7.92. The van der Waals surface area contributed by atoms with Gasteiger partial charge in [-0.1, -0.05) is 0 Å². The Labute approximate surface area is 93.9 Å². The summed E-state index contributed by atoms with van der Waals surface area (Å²) < 4.78 is 22.8. The maximum atomic E-state index is 11.4. The van der Waals surface area contributed by atoms with Crippen LogP contribution in [0.5, 0.6) is 0 Å². The predicted molar refractivity (Wildman–Crippen MR) is 56.6 cm³/mol. The van der Waals surface area contributed by atoms with Crippen molar-refractivity contribution in [2.45, 2.75) is 25.0 Å². The molecule has 2 atom stereocenters. The zero-order valence-corrected chi connectivity index (χ0v) is 9.79. The summed E-state index contributed by atoms with van der Waals surface area (Å²) in [6.07, 6.45) is 1.14. The van der Waals surface area contributed by atoms with Gasteiger partial charge in [0.25, 0.3) is 0 Å². The van der Waals surface area contributed by atoms with Gasteiger partial charge >= 0.3 is 5.97 Å².